The van der Waals surface area contributed by atoms with Gasteiger partial charge >= 0.3 is 0 Å². The standard InChI is InChI=1S/C21H19NO2S/c1-14-7-9-16(10-8-14)24-13-15-11-12-22(2)20-17-5-3-4-6-18(17)25-21(23)19(15)20/h3-10,13H,11-12H2,1-2H3/b15-13+. The fraction of sp³-hybridized carbons (Fsp3) is 0.190. The summed E-state index contributed by atoms with van der Waals surface area (Å²) in [7, 11) is 2.05. The Balaban J connectivity index is 1.82. The minimum Gasteiger partial charge on any atom is -0.465 e. The molecule has 25 heavy (non-hydrogen) atoms. The Morgan fingerprint density at radius 3 is 2.68 bits per heavy atom. The second-order valence-corrected chi connectivity index (χ2v) is 7.37. The lowest BCUT2D eigenvalue weighted by atomic mass is 9.98. The third kappa shape index (κ3) is 2.94. The van der Waals surface area contributed by atoms with Crippen LogP contribution in [0.1, 0.15) is 17.5 Å². The van der Waals surface area contributed by atoms with E-state index in [2.05, 4.69) is 11.0 Å². The Labute approximate surface area is 150 Å². The molecule has 0 bridgehead atoms. The minimum atomic E-state index is 0.0963. The molecule has 0 saturated carbocycles. The molecule has 1 aliphatic heterocycles. The Morgan fingerprint density at radius 2 is 1.88 bits per heavy atom. The number of anilines is 1. The van der Waals surface area contributed by atoms with Crippen molar-refractivity contribution < 1.29 is 4.74 Å². The van der Waals surface area contributed by atoms with Crippen molar-refractivity contribution in [3.8, 4) is 5.75 Å². The molecule has 0 atom stereocenters. The summed E-state index contributed by atoms with van der Waals surface area (Å²) in [5.41, 5.74) is 3.97. The van der Waals surface area contributed by atoms with Crippen LogP contribution in [-0.4, -0.2) is 13.6 Å². The van der Waals surface area contributed by atoms with Crippen LogP contribution in [-0.2, 0) is 0 Å². The van der Waals surface area contributed by atoms with Crippen LogP contribution in [0.15, 0.2) is 59.6 Å². The fourth-order valence-corrected chi connectivity index (χ4v) is 4.16. The molecule has 3 aromatic rings. The molecular formula is C21H19NO2S. The van der Waals surface area contributed by atoms with Crippen LogP contribution >= 0.6 is 11.3 Å². The summed E-state index contributed by atoms with van der Waals surface area (Å²) in [4.78, 5) is 15.0. The zero-order valence-corrected chi connectivity index (χ0v) is 15.1. The van der Waals surface area contributed by atoms with Crippen molar-refractivity contribution in [2.75, 3.05) is 18.5 Å². The lowest BCUT2D eigenvalue weighted by molar-refractivity contribution is 0.481. The molecule has 1 aromatic heterocycles. The van der Waals surface area contributed by atoms with Gasteiger partial charge in [-0.05, 0) is 31.5 Å². The number of hydrogen-bond acceptors (Lipinski definition) is 4. The second-order valence-electron chi connectivity index (χ2n) is 6.35. The van der Waals surface area contributed by atoms with Gasteiger partial charge in [0.15, 0.2) is 0 Å². The normalized spacial score (nSPS) is 15.4. The van der Waals surface area contributed by atoms with Crippen LogP contribution in [0.5, 0.6) is 5.75 Å². The molecule has 0 aliphatic carbocycles. The minimum absolute atomic E-state index is 0.0963. The Bertz CT molecular complexity index is 1020. The first-order chi connectivity index (χ1) is 12.1. The molecule has 2 heterocycles. The highest BCUT2D eigenvalue weighted by Gasteiger charge is 2.24. The molecule has 0 fully saturated rings. The van der Waals surface area contributed by atoms with Crippen molar-refractivity contribution in [3.63, 3.8) is 0 Å². The van der Waals surface area contributed by atoms with E-state index in [1.54, 1.807) is 6.26 Å². The number of fused-ring (bicyclic) bond motifs is 3. The zero-order valence-electron chi connectivity index (χ0n) is 14.3. The van der Waals surface area contributed by atoms with Gasteiger partial charge in [0.05, 0.1) is 17.5 Å². The monoisotopic (exact) mass is 349 g/mol. The predicted octanol–water partition coefficient (Wildman–Crippen LogP) is 4.83. The average Bonchev–Trinajstić information content (AvgIpc) is 2.62. The van der Waals surface area contributed by atoms with Crippen molar-refractivity contribution in [1.29, 1.82) is 0 Å². The molecule has 4 heteroatoms. The van der Waals surface area contributed by atoms with Gasteiger partial charge in [0.25, 0.3) is 0 Å². The maximum absolute atomic E-state index is 12.8. The first-order valence-electron chi connectivity index (χ1n) is 8.33. The van der Waals surface area contributed by atoms with E-state index in [9.17, 15) is 4.79 Å². The summed E-state index contributed by atoms with van der Waals surface area (Å²) in [6.45, 7) is 2.92. The molecule has 1 aliphatic rings. The molecule has 0 saturated heterocycles. The lowest BCUT2D eigenvalue weighted by Crippen LogP contribution is -2.27. The van der Waals surface area contributed by atoms with Crippen LogP contribution in [0.25, 0.3) is 15.7 Å². The van der Waals surface area contributed by atoms with Crippen molar-refractivity contribution in [3.05, 3.63) is 75.5 Å². The highest BCUT2D eigenvalue weighted by Crippen LogP contribution is 2.38. The van der Waals surface area contributed by atoms with Crippen LogP contribution in [0.2, 0.25) is 0 Å². The van der Waals surface area contributed by atoms with Crippen molar-refractivity contribution in [1.82, 2.24) is 0 Å². The van der Waals surface area contributed by atoms with Crippen LogP contribution in [0, 0.1) is 6.92 Å². The topological polar surface area (TPSA) is 29.5 Å². The SMILES string of the molecule is Cc1ccc(O/C=C2\CCN(C)c3c2c(=O)sc2ccccc32)cc1. The van der Waals surface area contributed by atoms with Crippen molar-refractivity contribution in [2.45, 2.75) is 13.3 Å². The number of ether oxygens (including phenoxy) is 1. The van der Waals surface area contributed by atoms with Gasteiger partial charge in [0, 0.05) is 29.3 Å². The summed E-state index contributed by atoms with van der Waals surface area (Å²) in [6.07, 6.45) is 2.55. The highest BCUT2D eigenvalue weighted by atomic mass is 32.1. The summed E-state index contributed by atoms with van der Waals surface area (Å²) >= 11 is 1.31. The Morgan fingerprint density at radius 1 is 1.12 bits per heavy atom. The summed E-state index contributed by atoms with van der Waals surface area (Å²) in [5.74, 6) is 0.787. The van der Waals surface area contributed by atoms with E-state index in [0.717, 1.165) is 45.6 Å². The summed E-state index contributed by atoms with van der Waals surface area (Å²) < 4.78 is 6.97. The fourth-order valence-electron chi connectivity index (χ4n) is 3.21. The molecule has 126 valence electrons. The van der Waals surface area contributed by atoms with Crippen LogP contribution < -0.4 is 14.4 Å². The molecule has 2 aromatic carbocycles. The molecule has 0 radical (unpaired) electrons. The van der Waals surface area contributed by atoms with E-state index in [0.29, 0.717) is 0 Å². The molecule has 0 spiro atoms. The molecular weight excluding hydrogens is 330 g/mol. The molecule has 0 unspecified atom stereocenters. The van der Waals surface area contributed by atoms with Gasteiger partial charge in [-0.15, -0.1) is 0 Å². The van der Waals surface area contributed by atoms with Gasteiger partial charge in [-0.25, -0.2) is 0 Å². The summed E-state index contributed by atoms with van der Waals surface area (Å²) in [6, 6.07) is 16.0. The number of nitrogens with zero attached hydrogens (tertiary/aromatic N) is 1. The van der Waals surface area contributed by atoms with Gasteiger partial charge in [0.2, 0.25) is 4.74 Å². The largest absolute Gasteiger partial charge is 0.465 e. The van der Waals surface area contributed by atoms with E-state index < -0.39 is 0 Å². The maximum Gasteiger partial charge on any atom is 0.242 e. The lowest BCUT2D eigenvalue weighted by Gasteiger charge is -2.29. The van der Waals surface area contributed by atoms with Crippen molar-refractivity contribution in [2.24, 2.45) is 0 Å². The van der Waals surface area contributed by atoms with E-state index >= 15 is 0 Å². The van der Waals surface area contributed by atoms with Gasteiger partial charge in [-0.1, -0.05) is 47.2 Å². The number of hydrogen-bond donors (Lipinski definition) is 0. The maximum atomic E-state index is 12.8. The average molecular weight is 349 g/mol. The molecule has 0 N–H and O–H groups in total. The molecule has 3 nitrogen and oxygen atoms in total. The Kier molecular flexibility index (Phi) is 4.06. The second kappa shape index (κ2) is 6.37. The van der Waals surface area contributed by atoms with Crippen LogP contribution in [0.3, 0.4) is 0 Å². The quantitative estimate of drug-likeness (QED) is 0.621. The van der Waals surface area contributed by atoms with Gasteiger partial charge in [0.1, 0.15) is 5.75 Å². The zero-order chi connectivity index (χ0) is 17.4. The molecule has 0 amide bonds. The summed E-state index contributed by atoms with van der Waals surface area (Å²) in [5, 5.41) is 1.13. The van der Waals surface area contributed by atoms with E-state index in [1.165, 1.54) is 16.9 Å². The van der Waals surface area contributed by atoms with Crippen molar-refractivity contribution >= 4 is 32.7 Å². The van der Waals surface area contributed by atoms with Crippen LogP contribution in [0.4, 0.5) is 5.69 Å². The third-order valence-corrected chi connectivity index (χ3v) is 5.53. The first-order valence-corrected chi connectivity index (χ1v) is 9.15. The van der Waals surface area contributed by atoms with E-state index in [-0.39, 0.29) is 4.74 Å². The number of rotatable bonds is 2. The van der Waals surface area contributed by atoms with E-state index in [4.69, 9.17) is 4.74 Å². The van der Waals surface area contributed by atoms with Gasteiger partial charge < -0.3 is 9.64 Å². The van der Waals surface area contributed by atoms with E-state index in [1.807, 2.05) is 56.4 Å². The predicted molar refractivity (Wildman–Crippen MR) is 106 cm³/mol. The highest BCUT2D eigenvalue weighted by molar-refractivity contribution is 7.16. The number of aryl methyl sites for hydroxylation is 1. The Hall–Kier alpha value is -2.59. The smallest absolute Gasteiger partial charge is 0.242 e. The number of benzene rings is 2. The van der Waals surface area contributed by atoms with Gasteiger partial charge in [-0.3, -0.25) is 4.79 Å². The van der Waals surface area contributed by atoms with Gasteiger partial charge in [-0.2, -0.15) is 0 Å². The third-order valence-electron chi connectivity index (χ3n) is 4.56. The molecule has 4 rings (SSSR count). The first kappa shape index (κ1) is 15.9.